The first kappa shape index (κ1) is 29.1. The van der Waals surface area contributed by atoms with Crippen LogP contribution in [0.25, 0.3) is 0 Å². The van der Waals surface area contributed by atoms with Crippen LogP contribution < -0.4 is 9.13 Å². The molecule has 0 spiro atoms. The lowest BCUT2D eigenvalue weighted by Gasteiger charge is -2.05. The summed E-state index contributed by atoms with van der Waals surface area (Å²) in [6.45, 7) is 6.69. The Balaban J connectivity index is 1.01. The molecule has 0 N–H and O–H groups in total. The van der Waals surface area contributed by atoms with Gasteiger partial charge in [0.25, 0.3) is 5.69 Å². The molecule has 0 aliphatic heterocycles. The average molecular weight is 542 g/mol. The van der Waals surface area contributed by atoms with E-state index in [0.717, 1.165) is 50.9 Å². The van der Waals surface area contributed by atoms with Gasteiger partial charge in [-0.15, -0.1) is 0 Å². The molecule has 0 radical (unpaired) electrons. The number of hydrogen-bond donors (Lipinski definition) is 0. The van der Waals surface area contributed by atoms with Crippen LogP contribution in [0.3, 0.4) is 0 Å². The average Bonchev–Trinajstić information content (AvgIpc) is 2.97. The molecule has 7 heteroatoms. The predicted octanol–water partition coefficient (Wildman–Crippen LogP) is 5.17. The van der Waals surface area contributed by atoms with Gasteiger partial charge in [-0.3, -0.25) is 10.1 Å². The molecule has 0 fully saturated rings. The monoisotopic (exact) mass is 541 g/mol. The third kappa shape index (κ3) is 9.98. The number of nitro benzene ring substituents is 1. The minimum Gasteiger partial charge on any atom is -0.381 e. The highest BCUT2D eigenvalue weighted by molar-refractivity contribution is 5.35. The molecular formula is C33H39N3O4+2. The van der Waals surface area contributed by atoms with Crippen molar-refractivity contribution in [2.24, 2.45) is 0 Å². The molecule has 0 bridgehead atoms. The molecule has 0 aliphatic rings. The van der Waals surface area contributed by atoms with Gasteiger partial charge >= 0.3 is 0 Å². The zero-order valence-electron chi connectivity index (χ0n) is 23.3. The first-order chi connectivity index (χ1) is 19.5. The fraction of sp³-hybridized carbons (Fsp3) is 0.333. The molecule has 0 aliphatic carbocycles. The maximum atomic E-state index is 10.8. The molecule has 4 aromatic rings. The summed E-state index contributed by atoms with van der Waals surface area (Å²) in [5.41, 5.74) is 6.29. The van der Waals surface area contributed by atoms with E-state index in [1.807, 2.05) is 12.1 Å². The van der Waals surface area contributed by atoms with Crippen molar-refractivity contribution in [1.29, 1.82) is 0 Å². The number of benzene rings is 2. The van der Waals surface area contributed by atoms with Crippen LogP contribution in [0.15, 0.2) is 97.6 Å². The molecular weight excluding hydrogens is 502 g/mol. The maximum Gasteiger partial charge on any atom is 0.269 e. The minimum atomic E-state index is -0.374. The summed E-state index contributed by atoms with van der Waals surface area (Å²) in [4.78, 5) is 10.4. The summed E-state index contributed by atoms with van der Waals surface area (Å²) in [6, 6.07) is 24.0. The van der Waals surface area contributed by atoms with Crippen molar-refractivity contribution in [2.45, 2.75) is 45.7 Å². The van der Waals surface area contributed by atoms with Crippen LogP contribution >= 0.6 is 0 Å². The van der Waals surface area contributed by atoms with E-state index in [0.29, 0.717) is 19.8 Å². The second-order valence-corrected chi connectivity index (χ2v) is 10.1. The van der Waals surface area contributed by atoms with Gasteiger partial charge in [0, 0.05) is 56.0 Å². The Morgan fingerprint density at radius 2 is 1.05 bits per heavy atom. The van der Waals surface area contributed by atoms with E-state index in [1.54, 1.807) is 12.1 Å². The number of aromatic nitrogens is 2. The van der Waals surface area contributed by atoms with Crippen LogP contribution in [-0.2, 0) is 35.4 Å². The summed E-state index contributed by atoms with van der Waals surface area (Å²) >= 11 is 0. The summed E-state index contributed by atoms with van der Waals surface area (Å²) in [6.07, 6.45) is 11.9. The van der Waals surface area contributed by atoms with Gasteiger partial charge in [-0.2, -0.15) is 0 Å². The molecule has 40 heavy (non-hydrogen) atoms. The van der Waals surface area contributed by atoms with Crippen molar-refractivity contribution < 1.29 is 23.5 Å². The number of rotatable bonds is 16. The first-order valence-corrected chi connectivity index (χ1v) is 14.0. The summed E-state index contributed by atoms with van der Waals surface area (Å²) < 4.78 is 15.9. The zero-order chi connectivity index (χ0) is 28.0. The van der Waals surface area contributed by atoms with Crippen LogP contribution in [-0.4, -0.2) is 31.4 Å². The minimum absolute atomic E-state index is 0.120. The van der Waals surface area contributed by atoms with Crippen LogP contribution in [0, 0.1) is 17.0 Å². The molecule has 2 aromatic carbocycles. The van der Waals surface area contributed by atoms with E-state index in [9.17, 15) is 10.1 Å². The second kappa shape index (κ2) is 15.6. The van der Waals surface area contributed by atoms with E-state index in [2.05, 4.69) is 89.4 Å². The molecule has 0 saturated carbocycles. The molecule has 0 unspecified atom stereocenters. The Morgan fingerprint density at radius 3 is 1.60 bits per heavy atom. The number of non-ortho nitro benzene ring substituents is 1. The highest BCUT2D eigenvalue weighted by atomic mass is 16.6. The second-order valence-electron chi connectivity index (χ2n) is 10.1. The fourth-order valence-corrected chi connectivity index (χ4v) is 4.41. The topological polar surface area (TPSA) is 69.4 Å². The van der Waals surface area contributed by atoms with Gasteiger partial charge in [0.05, 0.1) is 11.5 Å². The van der Waals surface area contributed by atoms with Gasteiger partial charge in [-0.05, 0) is 48.4 Å². The third-order valence-electron chi connectivity index (χ3n) is 6.78. The predicted molar refractivity (Wildman–Crippen MR) is 154 cm³/mol. The van der Waals surface area contributed by atoms with E-state index < -0.39 is 0 Å². The summed E-state index contributed by atoms with van der Waals surface area (Å²) in [5, 5.41) is 10.8. The van der Waals surface area contributed by atoms with E-state index in [1.165, 1.54) is 22.3 Å². The highest BCUT2D eigenvalue weighted by Crippen LogP contribution is 2.14. The number of ether oxygens (including phenoxy) is 2. The van der Waals surface area contributed by atoms with Crippen LogP contribution in [0.5, 0.6) is 0 Å². The quantitative estimate of drug-likeness (QED) is 0.0849. The molecule has 7 nitrogen and oxygen atoms in total. The smallest absolute Gasteiger partial charge is 0.269 e. The van der Waals surface area contributed by atoms with Gasteiger partial charge < -0.3 is 9.47 Å². The lowest BCUT2D eigenvalue weighted by atomic mass is 10.0. The van der Waals surface area contributed by atoms with Crippen molar-refractivity contribution in [3.63, 3.8) is 0 Å². The molecule has 4 rings (SSSR count). The van der Waals surface area contributed by atoms with Gasteiger partial charge in [0.2, 0.25) is 0 Å². The van der Waals surface area contributed by atoms with Crippen molar-refractivity contribution in [3.05, 3.63) is 136 Å². The number of aryl methyl sites for hydroxylation is 2. The molecule has 2 heterocycles. The fourth-order valence-electron chi connectivity index (χ4n) is 4.41. The van der Waals surface area contributed by atoms with Crippen molar-refractivity contribution in [2.75, 3.05) is 26.4 Å². The van der Waals surface area contributed by atoms with Crippen molar-refractivity contribution in [3.8, 4) is 0 Å². The SMILES string of the molecule is Cc1ccc(Cc2cc[n+](CCOCCCOCCC[n+]3ccc(Cc4ccc([N+](=O)[O-])cc4)cc3)cc2)cc1. The summed E-state index contributed by atoms with van der Waals surface area (Å²) in [5.74, 6) is 0. The van der Waals surface area contributed by atoms with E-state index in [4.69, 9.17) is 9.47 Å². The van der Waals surface area contributed by atoms with Gasteiger partial charge in [0.1, 0.15) is 6.61 Å². The molecule has 2 aromatic heterocycles. The number of hydrogen-bond acceptors (Lipinski definition) is 4. The van der Waals surface area contributed by atoms with Gasteiger partial charge in [-0.1, -0.05) is 42.0 Å². The van der Waals surface area contributed by atoms with Crippen LogP contribution in [0.1, 0.15) is 40.7 Å². The lowest BCUT2D eigenvalue weighted by molar-refractivity contribution is -0.698. The van der Waals surface area contributed by atoms with Crippen molar-refractivity contribution in [1.82, 2.24) is 0 Å². The Hall–Kier alpha value is -3.94. The van der Waals surface area contributed by atoms with Crippen LogP contribution in [0.2, 0.25) is 0 Å². The van der Waals surface area contributed by atoms with Gasteiger partial charge in [-0.25, -0.2) is 9.13 Å². The molecule has 208 valence electrons. The number of nitro groups is 1. The zero-order valence-corrected chi connectivity index (χ0v) is 23.3. The Bertz CT molecular complexity index is 1310. The Labute approximate surface area is 236 Å². The van der Waals surface area contributed by atoms with E-state index >= 15 is 0 Å². The lowest BCUT2D eigenvalue weighted by Crippen LogP contribution is -2.35. The third-order valence-corrected chi connectivity index (χ3v) is 6.78. The first-order valence-electron chi connectivity index (χ1n) is 14.0. The Morgan fingerprint density at radius 1 is 0.600 bits per heavy atom. The molecule has 0 atom stereocenters. The number of pyridine rings is 2. The standard InChI is InChI=1S/C33H39N3O4/c1-28-4-6-29(7-5-28)26-32-14-19-35(20-15-32)21-25-40-24-3-23-39-22-2-16-34-17-12-31(13-18-34)27-30-8-10-33(11-9-30)36(37)38/h4-15,17-20H,2-3,16,21-27H2,1H3/q+2. The molecule has 0 amide bonds. The Kier molecular flexibility index (Phi) is 11.3. The normalized spacial score (nSPS) is 11.0. The van der Waals surface area contributed by atoms with Crippen molar-refractivity contribution >= 4 is 5.69 Å². The van der Waals surface area contributed by atoms with Gasteiger partial charge in [0.15, 0.2) is 37.9 Å². The van der Waals surface area contributed by atoms with Crippen LogP contribution in [0.4, 0.5) is 5.69 Å². The maximum absolute atomic E-state index is 10.8. The molecule has 0 saturated heterocycles. The highest BCUT2D eigenvalue weighted by Gasteiger charge is 2.07. The summed E-state index contributed by atoms with van der Waals surface area (Å²) in [7, 11) is 0. The van der Waals surface area contributed by atoms with E-state index in [-0.39, 0.29) is 10.6 Å². The number of nitrogens with zero attached hydrogens (tertiary/aromatic N) is 3. The largest absolute Gasteiger partial charge is 0.381 e.